The van der Waals surface area contributed by atoms with E-state index in [0.717, 1.165) is 12.8 Å². The molecule has 1 amide bonds. The van der Waals surface area contributed by atoms with Crippen LogP contribution in [0.3, 0.4) is 0 Å². The molecule has 14 heavy (non-hydrogen) atoms. The van der Waals surface area contributed by atoms with Crippen LogP contribution in [0.1, 0.15) is 19.8 Å². The number of amides is 1. The summed E-state index contributed by atoms with van der Waals surface area (Å²) in [6, 6.07) is -0.270. The summed E-state index contributed by atoms with van der Waals surface area (Å²) in [5.74, 6) is 0.686. The molecule has 0 aliphatic heterocycles. The van der Waals surface area contributed by atoms with Crippen molar-refractivity contribution in [3.63, 3.8) is 0 Å². The molecule has 0 saturated heterocycles. The van der Waals surface area contributed by atoms with Crippen LogP contribution in [-0.2, 0) is 14.6 Å². The van der Waals surface area contributed by atoms with E-state index in [2.05, 4.69) is 5.32 Å². The van der Waals surface area contributed by atoms with Crippen molar-refractivity contribution < 1.29 is 13.2 Å². The van der Waals surface area contributed by atoms with Crippen molar-refractivity contribution in [2.75, 3.05) is 12.0 Å². The van der Waals surface area contributed by atoms with Gasteiger partial charge in [0.15, 0.2) is 0 Å². The molecule has 0 radical (unpaired) electrons. The second kappa shape index (κ2) is 2.72. The average molecular weight is 217 g/mol. The molecular formula is C9H15NO3S. The first kappa shape index (κ1) is 9.96. The minimum Gasteiger partial charge on any atom is -0.352 e. The summed E-state index contributed by atoms with van der Waals surface area (Å²) < 4.78 is 21.9. The van der Waals surface area contributed by atoms with Crippen LogP contribution >= 0.6 is 0 Å². The van der Waals surface area contributed by atoms with E-state index >= 15 is 0 Å². The third-order valence-electron chi connectivity index (χ3n) is 3.06. The van der Waals surface area contributed by atoms with Crippen molar-refractivity contribution in [3.05, 3.63) is 0 Å². The monoisotopic (exact) mass is 217 g/mol. The maximum Gasteiger partial charge on any atom is 0.226 e. The molecule has 0 aromatic rings. The van der Waals surface area contributed by atoms with Crippen molar-refractivity contribution in [1.29, 1.82) is 0 Å². The summed E-state index contributed by atoms with van der Waals surface area (Å²) in [6.45, 7) is 1.73. The molecule has 1 N–H and O–H groups in total. The molecule has 0 bridgehead atoms. The van der Waals surface area contributed by atoms with Crippen LogP contribution < -0.4 is 5.32 Å². The summed E-state index contributed by atoms with van der Waals surface area (Å²) in [7, 11) is -3.00. The predicted molar refractivity (Wildman–Crippen MR) is 52.5 cm³/mol. The van der Waals surface area contributed by atoms with E-state index in [0.29, 0.717) is 5.92 Å². The number of fused-ring (bicyclic) bond motifs is 1. The Balaban J connectivity index is 1.82. The van der Waals surface area contributed by atoms with E-state index in [1.54, 1.807) is 6.92 Å². The number of rotatable bonds is 4. The van der Waals surface area contributed by atoms with Gasteiger partial charge in [-0.2, -0.15) is 0 Å². The minimum atomic E-state index is -3.00. The van der Waals surface area contributed by atoms with Crippen LogP contribution in [0, 0.1) is 11.3 Å². The van der Waals surface area contributed by atoms with Crippen LogP contribution in [0.4, 0.5) is 0 Å². The standard InChI is InChI=1S/C9H15NO3S/c1-6(5-14(2,12)13)10-8(11)9-3-7(9)4-9/h6-7H,3-5H2,1-2H3,(H,10,11). The van der Waals surface area contributed by atoms with Crippen molar-refractivity contribution >= 4 is 15.7 Å². The van der Waals surface area contributed by atoms with Gasteiger partial charge >= 0.3 is 0 Å². The molecule has 0 spiro atoms. The second-order valence-electron chi connectivity index (χ2n) is 4.73. The van der Waals surface area contributed by atoms with Gasteiger partial charge in [0, 0.05) is 12.3 Å². The second-order valence-corrected chi connectivity index (χ2v) is 6.91. The molecule has 80 valence electrons. The van der Waals surface area contributed by atoms with Gasteiger partial charge in [-0.05, 0) is 25.7 Å². The van der Waals surface area contributed by atoms with Gasteiger partial charge in [0.05, 0.1) is 11.2 Å². The highest BCUT2D eigenvalue weighted by atomic mass is 32.2. The fraction of sp³-hybridized carbons (Fsp3) is 0.889. The molecule has 2 fully saturated rings. The zero-order valence-corrected chi connectivity index (χ0v) is 9.23. The molecule has 0 heterocycles. The van der Waals surface area contributed by atoms with Crippen LogP contribution in [0.15, 0.2) is 0 Å². The summed E-state index contributed by atoms with van der Waals surface area (Å²) in [5.41, 5.74) is -0.0637. The third kappa shape index (κ3) is 1.78. The molecule has 4 nitrogen and oxygen atoms in total. The molecule has 2 saturated carbocycles. The lowest BCUT2D eigenvalue weighted by molar-refractivity contribution is -0.124. The van der Waals surface area contributed by atoms with Crippen molar-refractivity contribution in [2.24, 2.45) is 11.3 Å². The first-order valence-electron chi connectivity index (χ1n) is 4.82. The van der Waals surface area contributed by atoms with Crippen LogP contribution in [0.5, 0.6) is 0 Å². The molecular weight excluding hydrogens is 202 g/mol. The van der Waals surface area contributed by atoms with Crippen LogP contribution in [0.2, 0.25) is 0 Å². The molecule has 1 unspecified atom stereocenters. The van der Waals surface area contributed by atoms with Gasteiger partial charge in [0.2, 0.25) is 5.91 Å². The van der Waals surface area contributed by atoms with Gasteiger partial charge in [0.1, 0.15) is 9.84 Å². The largest absolute Gasteiger partial charge is 0.352 e. The van der Waals surface area contributed by atoms with Crippen molar-refractivity contribution in [1.82, 2.24) is 5.32 Å². The Hall–Kier alpha value is -0.580. The van der Waals surface area contributed by atoms with E-state index in [9.17, 15) is 13.2 Å². The van der Waals surface area contributed by atoms with Gasteiger partial charge in [-0.15, -0.1) is 0 Å². The smallest absolute Gasteiger partial charge is 0.226 e. The van der Waals surface area contributed by atoms with E-state index in [-0.39, 0.29) is 23.1 Å². The number of carbonyl (C=O) groups is 1. The Labute approximate surface area is 84.0 Å². The fourth-order valence-corrected chi connectivity index (χ4v) is 2.93. The molecule has 5 heteroatoms. The number of sulfone groups is 1. The fourth-order valence-electron chi connectivity index (χ4n) is 1.94. The number of hydrogen-bond donors (Lipinski definition) is 1. The molecule has 0 aromatic heterocycles. The highest BCUT2D eigenvalue weighted by Gasteiger charge is 2.74. The minimum absolute atomic E-state index is 0.0273. The van der Waals surface area contributed by atoms with Crippen molar-refractivity contribution in [2.45, 2.75) is 25.8 Å². The molecule has 1 atom stereocenters. The Bertz CT molecular complexity index is 368. The summed E-state index contributed by atoms with van der Waals surface area (Å²) in [4.78, 5) is 11.6. The first-order chi connectivity index (χ1) is 6.33. The van der Waals surface area contributed by atoms with Crippen molar-refractivity contribution in [3.8, 4) is 0 Å². The summed E-state index contributed by atoms with van der Waals surface area (Å²) in [6.07, 6.45) is 3.19. The Morgan fingerprint density at radius 2 is 2.07 bits per heavy atom. The zero-order valence-electron chi connectivity index (χ0n) is 8.41. The van der Waals surface area contributed by atoms with E-state index in [4.69, 9.17) is 0 Å². The highest BCUT2D eigenvalue weighted by Crippen LogP contribution is 2.75. The highest BCUT2D eigenvalue weighted by molar-refractivity contribution is 7.90. The third-order valence-corrected chi connectivity index (χ3v) is 4.17. The maximum atomic E-state index is 11.6. The lowest BCUT2D eigenvalue weighted by Gasteiger charge is -2.13. The lowest BCUT2D eigenvalue weighted by Crippen LogP contribution is -2.39. The van der Waals surface area contributed by atoms with E-state index in [1.807, 2.05) is 0 Å². The van der Waals surface area contributed by atoms with Gasteiger partial charge in [0.25, 0.3) is 0 Å². The topological polar surface area (TPSA) is 63.2 Å². The normalized spacial score (nSPS) is 35.7. The Morgan fingerprint density at radius 1 is 1.57 bits per heavy atom. The summed E-state index contributed by atoms with van der Waals surface area (Å²) >= 11 is 0. The van der Waals surface area contributed by atoms with Crippen LogP contribution in [0.25, 0.3) is 0 Å². The first-order valence-corrected chi connectivity index (χ1v) is 6.88. The number of nitrogens with one attached hydrogen (secondary N) is 1. The van der Waals surface area contributed by atoms with Gasteiger partial charge in [-0.25, -0.2) is 8.42 Å². The quantitative estimate of drug-likeness (QED) is 0.718. The molecule has 2 aliphatic rings. The molecule has 2 rings (SSSR count). The summed E-state index contributed by atoms with van der Waals surface area (Å²) in [5, 5.41) is 2.76. The maximum absolute atomic E-state index is 11.6. The SMILES string of the molecule is CC(CS(C)(=O)=O)NC(=O)C12CC1C2. The van der Waals surface area contributed by atoms with Crippen LogP contribution in [-0.4, -0.2) is 32.4 Å². The number of carbonyl (C=O) groups excluding carboxylic acids is 1. The van der Waals surface area contributed by atoms with Gasteiger partial charge in [-0.3, -0.25) is 4.79 Å². The zero-order chi connectivity index (χ0) is 10.6. The molecule has 2 aliphatic carbocycles. The number of hydrogen-bond acceptors (Lipinski definition) is 3. The predicted octanol–water partition coefficient (Wildman–Crippen LogP) is -0.0543. The Morgan fingerprint density at radius 3 is 2.43 bits per heavy atom. The van der Waals surface area contributed by atoms with Gasteiger partial charge < -0.3 is 5.32 Å². The van der Waals surface area contributed by atoms with Gasteiger partial charge in [-0.1, -0.05) is 0 Å². The Kier molecular flexibility index (Phi) is 1.93. The lowest BCUT2D eigenvalue weighted by atomic mass is 10.2. The van der Waals surface area contributed by atoms with E-state index in [1.165, 1.54) is 6.26 Å². The van der Waals surface area contributed by atoms with E-state index < -0.39 is 9.84 Å². The average Bonchev–Trinajstić information content (AvgIpc) is 2.62. The molecule has 0 aromatic carbocycles.